The molecule has 3 nitrogen and oxygen atoms in total. The number of rotatable bonds is 2. The van der Waals surface area contributed by atoms with Crippen LogP contribution in [0, 0.1) is 0 Å². The zero-order chi connectivity index (χ0) is 11.0. The number of aliphatic hydroxyl groups excluding tert-OH is 1. The molecule has 0 aromatic rings. The molecule has 0 unspecified atom stereocenters. The van der Waals surface area contributed by atoms with Gasteiger partial charge in [0, 0.05) is 12.6 Å². The molecule has 0 rings (SSSR count). The van der Waals surface area contributed by atoms with Gasteiger partial charge in [-0.2, -0.15) is 0 Å². The quantitative estimate of drug-likeness (QED) is 0.408. The van der Waals surface area contributed by atoms with Gasteiger partial charge < -0.3 is 5.11 Å². The Morgan fingerprint density at radius 2 is 1.54 bits per heavy atom. The molecule has 0 atom stereocenters. The van der Waals surface area contributed by atoms with Crippen LogP contribution in [0.25, 0.3) is 0 Å². The molecule has 0 amide bonds. The number of hydrogen-bond acceptors (Lipinski definition) is 3. The minimum absolute atomic E-state index is 0.0139. The molecule has 0 saturated carbocycles. The zero-order valence-corrected chi connectivity index (χ0v) is 9.30. The molecule has 13 heavy (non-hydrogen) atoms. The molecular formula is C10H19NO2. The van der Waals surface area contributed by atoms with E-state index in [1.54, 1.807) is 20.9 Å². The van der Waals surface area contributed by atoms with Crippen LogP contribution in [-0.2, 0) is 4.79 Å². The Labute approximate surface area is 80.2 Å². The molecule has 0 bridgehead atoms. The van der Waals surface area contributed by atoms with Crippen LogP contribution >= 0.6 is 0 Å². The van der Waals surface area contributed by atoms with Gasteiger partial charge in [0.25, 0.3) is 0 Å². The molecule has 0 heterocycles. The third-order valence-electron chi connectivity index (χ3n) is 1.56. The van der Waals surface area contributed by atoms with E-state index in [0.717, 1.165) is 0 Å². The maximum atomic E-state index is 10.7. The normalized spacial score (nSPS) is 12.6. The first-order valence-electron chi connectivity index (χ1n) is 4.35. The van der Waals surface area contributed by atoms with Crippen molar-refractivity contribution in [2.75, 3.05) is 7.05 Å². The summed E-state index contributed by atoms with van der Waals surface area (Å²) in [6.07, 6.45) is 0. The van der Waals surface area contributed by atoms with Crippen molar-refractivity contribution in [1.29, 1.82) is 0 Å². The second-order valence-electron chi connectivity index (χ2n) is 2.34. The Morgan fingerprint density at radius 1 is 1.15 bits per heavy atom. The molecule has 0 aliphatic carbocycles. The van der Waals surface area contributed by atoms with Crippen LogP contribution in [0.2, 0.25) is 0 Å². The lowest BCUT2D eigenvalue weighted by Gasteiger charge is -2.00. The molecule has 0 aliphatic rings. The summed E-state index contributed by atoms with van der Waals surface area (Å²) in [5.74, 6) is -0.148. The Kier molecular flexibility index (Phi) is 8.34. The molecule has 0 aromatic heterocycles. The molecule has 1 N–H and O–H groups in total. The molecule has 76 valence electrons. The zero-order valence-electron chi connectivity index (χ0n) is 9.30. The number of aliphatic hydroxyl groups is 1. The largest absolute Gasteiger partial charge is 0.506 e. The fraction of sp³-hybridized carbons (Fsp3) is 0.600. The summed E-state index contributed by atoms with van der Waals surface area (Å²) < 4.78 is 0. The fourth-order valence-corrected chi connectivity index (χ4v) is 0.544. The number of allylic oxidation sites excluding steroid dienone is 2. The lowest BCUT2D eigenvalue weighted by atomic mass is 10.1. The van der Waals surface area contributed by atoms with Gasteiger partial charge in [0.1, 0.15) is 5.76 Å². The maximum Gasteiger partial charge on any atom is 0.159 e. The topological polar surface area (TPSA) is 49.7 Å². The molecular weight excluding hydrogens is 166 g/mol. The fourth-order valence-electron chi connectivity index (χ4n) is 0.544. The number of Topliss-reactive ketones (excluding diaryl/α,β-unsaturated/α-hetero) is 1. The van der Waals surface area contributed by atoms with E-state index in [1.165, 1.54) is 6.92 Å². The molecule has 0 spiro atoms. The van der Waals surface area contributed by atoms with Crippen molar-refractivity contribution >= 4 is 11.5 Å². The highest BCUT2D eigenvalue weighted by Gasteiger charge is 2.06. The average molecular weight is 185 g/mol. The first-order chi connectivity index (χ1) is 6.00. The Hall–Kier alpha value is -1.12. The average Bonchev–Trinajstić information content (AvgIpc) is 2.17. The summed E-state index contributed by atoms with van der Waals surface area (Å²) in [7, 11) is 1.57. The first kappa shape index (κ1) is 14.4. The molecule has 3 heteroatoms. The second-order valence-corrected chi connectivity index (χ2v) is 2.34. The van der Waals surface area contributed by atoms with Crippen molar-refractivity contribution in [3.63, 3.8) is 0 Å². The molecule has 0 radical (unpaired) electrons. The van der Waals surface area contributed by atoms with E-state index in [0.29, 0.717) is 11.3 Å². The maximum absolute atomic E-state index is 10.7. The van der Waals surface area contributed by atoms with E-state index in [-0.39, 0.29) is 11.5 Å². The molecule has 0 aliphatic heterocycles. The summed E-state index contributed by atoms with van der Waals surface area (Å²) in [4.78, 5) is 14.5. The van der Waals surface area contributed by atoms with Crippen LogP contribution < -0.4 is 0 Å². The van der Waals surface area contributed by atoms with Gasteiger partial charge in [-0.15, -0.1) is 0 Å². The highest BCUT2D eigenvalue weighted by molar-refractivity contribution is 6.04. The van der Waals surface area contributed by atoms with Gasteiger partial charge in [-0.1, -0.05) is 13.8 Å². The summed E-state index contributed by atoms with van der Waals surface area (Å²) in [6.45, 7) is 8.64. The number of hydrogen-bond donors (Lipinski definition) is 1. The van der Waals surface area contributed by atoms with Gasteiger partial charge in [-0.3, -0.25) is 9.79 Å². The van der Waals surface area contributed by atoms with E-state index in [4.69, 9.17) is 0 Å². The van der Waals surface area contributed by atoms with Gasteiger partial charge in [-0.05, 0) is 20.8 Å². The lowest BCUT2D eigenvalue weighted by Crippen LogP contribution is -2.04. The lowest BCUT2D eigenvalue weighted by molar-refractivity contribution is -0.113. The Balaban J connectivity index is 0. The van der Waals surface area contributed by atoms with E-state index >= 15 is 0 Å². The van der Waals surface area contributed by atoms with Crippen LogP contribution in [0.4, 0.5) is 0 Å². The minimum atomic E-state index is -0.134. The summed E-state index contributed by atoms with van der Waals surface area (Å²) in [5.41, 5.74) is 0.839. The van der Waals surface area contributed by atoms with Crippen LogP contribution in [0.5, 0.6) is 0 Å². The predicted molar refractivity (Wildman–Crippen MR) is 56.4 cm³/mol. The third kappa shape index (κ3) is 5.17. The van der Waals surface area contributed by atoms with E-state index < -0.39 is 0 Å². The van der Waals surface area contributed by atoms with Gasteiger partial charge in [-0.25, -0.2) is 0 Å². The van der Waals surface area contributed by atoms with Crippen molar-refractivity contribution in [3.05, 3.63) is 11.3 Å². The van der Waals surface area contributed by atoms with Crippen molar-refractivity contribution in [2.24, 2.45) is 4.99 Å². The van der Waals surface area contributed by atoms with Crippen LogP contribution in [0.1, 0.15) is 34.6 Å². The van der Waals surface area contributed by atoms with E-state index in [1.807, 2.05) is 13.8 Å². The molecule has 0 saturated heterocycles. The number of carbonyl (C=O) groups is 1. The van der Waals surface area contributed by atoms with Gasteiger partial charge >= 0.3 is 0 Å². The molecule has 0 aromatic carbocycles. The third-order valence-corrected chi connectivity index (χ3v) is 1.56. The minimum Gasteiger partial charge on any atom is -0.506 e. The SMILES string of the molecule is CC.CN=C(C)/C(O)=C(/C)C(C)=O. The molecule has 0 fully saturated rings. The van der Waals surface area contributed by atoms with Crippen molar-refractivity contribution in [1.82, 2.24) is 0 Å². The number of carbonyl (C=O) groups excluding carboxylic acids is 1. The summed E-state index contributed by atoms with van der Waals surface area (Å²) in [6, 6.07) is 0. The number of ketones is 1. The Bertz CT molecular complexity index is 227. The summed E-state index contributed by atoms with van der Waals surface area (Å²) >= 11 is 0. The highest BCUT2D eigenvalue weighted by atomic mass is 16.3. The monoisotopic (exact) mass is 185 g/mol. The van der Waals surface area contributed by atoms with Crippen LogP contribution in [-0.4, -0.2) is 23.6 Å². The van der Waals surface area contributed by atoms with Crippen molar-refractivity contribution in [2.45, 2.75) is 34.6 Å². The van der Waals surface area contributed by atoms with E-state index in [2.05, 4.69) is 4.99 Å². The Morgan fingerprint density at radius 3 is 1.77 bits per heavy atom. The van der Waals surface area contributed by atoms with Gasteiger partial charge in [0.15, 0.2) is 5.78 Å². The summed E-state index contributed by atoms with van der Waals surface area (Å²) in [5, 5.41) is 9.28. The van der Waals surface area contributed by atoms with Crippen LogP contribution in [0.3, 0.4) is 0 Å². The predicted octanol–water partition coefficient (Wildman–Crippen LogP) is 2.52. The smallest absolute Gasteiger partial charge is 0.159 e. The van der Waals surface area contributed by atoms with Crippen molar-refractivity contribution in [3.8, 4) is 0 Å². The number of aliphatic imine (C=N–C) groups is 1. The van der Waals surface area contributed by atoms with Gasteiger partial charge in [0.2, 0.25) is 0 Å². The highest BCUT2D eigenvalue weighted by Crippen LogP contribution is 2.03. The van der Waals surface area contributed by atoms with Gasteiger partial charge in [0.05, 0.1) is 5.71 Å². The van der Waals surface area contributed by atoms with E-state index in [9.17, 15) is 9.90 Å². The second kappa shape index (κ2) is 7.53. The van der Waals surface area contributed by atoms with Crippen LogP contribution in [0.15, 0.2) is 16.3 Å². The number of nitrogens with zero attached hydrogens (tertiary/aromatic N) is 1. The standard InChI is InChI=1S/C8H13NO2.C2H6/c1-5(7(3)10)8(11)6(2)9-4;1-2/h11H,1-4H3;1-2H3/b8-5+,9-6?;. The first-order valence-corrected chi connectivity index (χ1v) is 4.35. The van der Waals surface area contributed by atoms with Crippen molar-refractivity contribution < 1.29 is 9.90 Å².